The summed E-state index contributed by atoms with van der Waals surface area (Å²) in [5.74, 6) is -1.54. The van der Waals surface area contributed by atoms with Crippen LogP contribution in [0.1, 0.15) is 5.56 Å². The van der Waals surface area contributed by atoms with Gasteiger partial charge < -0.3 is 10.6 Å². The number of hydrogen-bond donors (Lipinski definition) is 1. The minimum absolute atomic E-state index is 0.279. The Hall–Kier alpha value is -1.53. The van der Waals surface area contributed by atoms with E-state index in [1.807, 2.05) is 16.8 Å². The van der Waals surface area contributed by atoms with Crippen molar-refractivity contribution in [1.29, 1.82) is 0 Å². The van der Waals surface area contributed by atoms with Gasteiger partial charge in [0.25, 0.3) is 0 Å². The summed E-state index contributed by atoms with van der Waals surface area (Å²) in [5.41, 5.74) is 5.69. The molecular formula is C14H19F2N3O. The molecule has 1 atom stereocenters. The van der Waals surface area contributed by atoms with Crippen LogP contribution in [0.15, 0.2) is 18.2 Å². The fraction of sp³-hybridized carbons (Fsp3) is 0.500. The second-order valence-corrected chi connectivity index (χ2v) is 5.33. The molecule has 0 saturated carbocycles. The molecule has 1 aliphatic rings. The third-order valence-electron chi connectivity index (χ3n) is 3.61. The van der Waals surface area contributed by atoms with Gasteiger partial charge in [0.2, 0.25) is 5.91 Å². The monoisotopic (exact) mass is 283 g/mol. The van der Waals surface area contributed by atoms with E-state index in [0.717, 1.165) is 18.7 Å². The van der Waals surface area contributed by atoms with Crippen LogP contribution in [0.4, 0.5) is 8.78 Å². The highest BCUT2D eigenvalue weighted by atomic mass is 19.1. The standard InChI is InChI=1S/C14H19F2N3O/c1-18-4-5-19(9-11(7-18)14(17)20)8-10-6-12(15)2-3-13(10)16/h2-3,6,11H,4-5,7-9H2,1H3,(H2,17,20)/t11-/m0/s1. The van der Waals surface area contributed by atoms with E-state index in [2.05, 4.69) is 0 Å². The molecule has 0 aliphatic carbocycles. The summed E-state index contributed by atoms with van der Waals surface area (Å²) in [5, 5.41) is 0. The van der Waals surface area contributed by atoms with Gasteiger partial charge in [-0.25, -0.2) is 8.78 Å². The SMILES string of the molecule is CN1CCN(Cc2cc(F)ccc2F)C[C@@H](C(N)=O)C1. The number of hydrogen-bond acceptors (Lipinski definition) is 3. The molecule has 1 fully saturated rings. The second kappa shape index (κ2) is 6.28. The smallest absolute Gasteiger partial charge is 0.223 e. The molecule has 110 valence electrons. The van der Waals surface area contributed by atoms with Crippen LogP contribution in [-0.4, -0.2) is 48.9 Å². The van der Waals surface area contributed by atoms with Crippen LogP contribution < -0.4 is 5.73 Å². The van der Waals surface area contributed by atoms with Crippen LogP contribution in [0.2, 0.25) is 0 Å². The van der Waals surface area contributed by atoms with Crippen LogP contribution in [0.25, 0.3) is 0 Å². The second-order valence-electron chi connectivity index (χ2n) is 5.33. The van der Waals surface area contributed by atoms with Gasteiger partial charge >= 0.3 is 0 Å². The lowest BCUT2D eigenvalue weighted by molar-refractivity contribution is -0.122. The average Bonchev–Trinajstić information content (AvgIpc) is 2.56. The lowest BCUT2D eigenvalue weighted by Gasteiger charge is -2.22. The van der Waals surface area contributed by atoms with Crippen molar-refractivity contribution >= 4 is 5.91 Å². The minimum Gasteiger partial charge on any atom is -0.369 e. The highest BCUT2D eigenvalue weighted by Crippen LogP contribution is 2.15. The molecule has 0 aromatic heterocycles. The largest absolute Gasteiger partial charge is 0.369 e. The Labute approximate surface area is 117 Å². The van der Waals surface area contributed by atoms with Crippen molar-refractivity contribution in [2.45, 2.75) is 6.54 Å². The number of rotatable bonds is 3. The number of nitrogens with zero attached hydrogens (tertiary/aromatic N) is 2. The molecule has 20 heavy (non-hydrogen) atoms. The van der Waals surface area contributed by atoms with Gasteiger partial charge in [-0.3, -0.25) is 9.69 Å². The summed E-state index contributed by atoms with van der Waals surface area (Å²) in [6, 6.07) is 3.42. The van der Waals surface area contributed by atoms with E-state index < -0.39 is 11.6 Å². The van der Waals surface area contributed by atoms with Crippen molar-refractivity contribution in [3.63, 3.8) is 0 Å². The molecule has 4 nitrogen and oxygen atoms in total. The fourth-order valence-electron chi connectivity index (χ4n) is 2.47. The first-order valence-corrected chi connectivity index (χ1v) is 6.60. The summed E-state index contributed by atoms with van der Waals surface area (Å²) in [6.45, 7) is 2.80. The van der Waals surface area contributed by atoms with E-state index >= 15 is 0 Å². The number of benzene rings is 1. The third kappa shape index (κ3) is 3.74. The normalized spacial score (nSPS) is 21.6. The van der Waals surface area contributed by atoms with E-state index in [1.165, 1.54) is 6.07 Å². The fourth-order valence-corrected chi connectivity index (χ4v) is 2.47. The molecule has 1 aliphatic heterocycles. The number of nitrogens with two attached hydrogens (primary N) is 1. The van der Waals surface area contributed by atoms with Gasteiger partial charge in [0, 0.05) is 38.3 Å². The zero-order chi connectivity index (χ0) is 14.7. The maximum Gasteiger partial charge on any atom is 0.223 e. The number of amides is 1. The molecule has 1 aromatic carbocycles. The van der Waals surface area contributed by atoms with Crippen LogP contribution in [0.5, 0.6) is 0 Å². The molecule has 2 rings (SSSR count). The van der Waals surface area contributed by atoms with Crippen molar-refractivity contribution in [2.75, 3.05) is 33.2 Å². The number of carbonyl (C=O) groups is 1. The van der Waals surface area contributed by atoms with E-state index in [1.54, 1.807) is 0 Å². The van der Waals surface area contributed by atoms with Gasteiger partial charge in [-0.2, -0.15) is 0 Å². The molecule has 1 amide bonds. The minimum atomic E-state index is -0.459. The van der Waals surface area contributed by atoms with Crippen molar-refractivity contribution in [3.05, 3.63) is 35.4 Å². The Bertz CT molecular complexity index is 495. The molecule has 1 saturated heterocycles. The van der Waals surface area contributed by atoms with E-state index in [0.29, 0.717) is 25.2 Å². The highest BCUT2D eigenvalue weighted by molar-refractivity contribution is 5.77. The molecule has 1 aromatic rings. The Balaban J connectivity index is 2.11. The maximum absolute atomic E-state index is 13.7. The first kappa shape index (κ1) is 14.9. The van der Waals surface area contributed by atoms with Gasteiger partial charge in [0.1, 0.15) is 11.6 Å². The van der Waals surface area contributed by atoms with Crippen molar-refractivity contribution in [1.82, 2.24) is 9.80 Å². The van der Waals surface area contributed by atoms with Crippen LogP contribution in [0.3, 0.4) is 0 Å². The lowest BCUT2D eigenvalue weighted by atomic mass is 10.1. The summed E-state index contributed by atoms with van der Waals surface area (Å²) in [6.07, 6.45) is 0. The lowest BCUT2D eigenvalue weighted by Crippen LogP contribution is -2.37. The maximum atomic E-state index is 13.7. The quantitative estimate of drug-likeness (QED) is 0.893. The first-order valence-electron chi connectivity index (χ1n) is 6.60. The first-order chi connectivity index (χ1) is 9.45. The Kier molecular flexibility index (Phi) is 4.67. The molecule has 0 radical (unpaired) electrons. The average molecular weight is 283 g/mol. The summed E-state index contributed by atoms with van der Waals surface area (Å²) in [7, 11) is 1.92. The topological polar surface area (TPSA) is 49.6 Å². The summed E-state index contributed by atoms with van der Waals surface area (Å²) >= 11 is 0. The Morgan fingerprint density at radius 2 is 2.10 bits per heavy atom. The Morgan fingerprint density at radius 3 is 2.80 bits per heavy atom. The highest BCUT2D eigenvalue weighted by Gasteiger charge is 2.25. The van der Waals surface area contributed by atoms with Gasteiger partial charge in [-0.15, -0.1) is 0 Å². The third-order valence-corrected chi connectivity index (χ3v) is 3.61. The number of halogens is 2. The summed E-state index contributed by atoms with van der Waals surface area (Å²) in [4.78, 5) is 15.4. The van der Waals surface area contributed by atoms with Gasteiger partial charge in [0.15, 0.2) is 0 Å². The van der Waals surface area contributed by atoms with Crippen molar-refractivity contribution in [3.8, 4) is 0 Å². The Morgan fingerprint density at radius 1 is 1.35 bits per heavy atom. The van der Waals surface area contributed by atoms with E-state index in [-0.39, 0.29) is 18.4 Å². The van der Waals surface area contributed by atoms with Crippen LogP contribution >= 0.6 is 0 Å². The van der Waals surface area contributed by atoms with Crippen molar-refractivity contribution < 1.29 is 13.6 Å². The van der Waals surface area contributed by atoms with Crippen LogP contribution in [0, 0.1) is 17.6 Å². The predicted octanol–water partition coefficient (Wildman–Crippen LogP) is 0.814. The number of carbonyl (C=O) groups excluding carboxylic acids is 1. The zero-order valence-electron chi connectivity index (χ0n) is 11.5. The zero-order valence-corrected chi connectivity index (χ0v) is 11.5. The van der Waals surface area contributed by atoms with E-state index in [9.17, 15) is 13.6 Å². The molecule has 1 heterocycles. The number of primary amides is 1. The van der Waals surface area contributed by atoms with Gasteiger partial charge in [-0.1, -0.05) is 0 Å². The summed E-state index contributed by atoms with van der Waals surface area (Å²) < 4.78 is 26.8. The van der Waals surface area contributed by atoms with E-state index in [4.69, 9.17) is 5.73 Å². The molecular weight excluding hydrogens is 264 g/mol. The van der Waals surface area contributed by atoms with Crippen LogP contribution in [-0.2, 0) is 11.3 Å². The predicted molar refractivity (Wildman–Crippen MR) is 71.8 cm³/mol. The molecule has 0 bridgehead atoms. The molecule has 2 N–H and O–H groups in total. The van der Waals surface area contributed by atoms with Gasteiger partial charge in [-0.05, 0) is 25.2 Å². The number of likely N-dealkylation sites (N-methyl/N-ethyl adjacent to an activating group) is 1. The van der Waals surface area contributed by atoms with Crippen molar-refractivity contribution in [2.24, 2.45) is 11.7 Å². The molecule has 0 unspecified atom stereocenters. The molecule has 0 spiro atoms. The van der Waals surface area contributed by atoms with Gasteiger partial charge in [0.05, 0.1) is 5.92 Å². The molecule has 6 heteroatoms.